The number of ether oxygens (including phenoxy) is 2. The molecule has 1 atom stereocenters. The number of benzene rings is 2. The van der Waals surface area contributed by atoms with E-state index in [4.69, 9.17) is 14.5 Å². The first-order valence-corrected chi connectivity index (χ1v) is 15.2. The average Bonchev–Trinajstić information content (AvgIpc) is 3.46. The molecule has 0 bridgehead atoms. The van der Waals surface area contributed by atoms with E-state index in [0.717, 1.165) is 18.4 Å². The van der Waals surface area contributed by atoms with E-state index in [1.165, 1.54) is 12.1 Å². The van der Waals surface area contributed by atoms with E-state index in [9.17, 15) is 4.79 Å². The Morgan fingerprint density at radius 1 is 1.07 bits per heavy atom. The van der Waals surface area contributed by atoms with Crippen LogP contribution < -0.4 is 0 Å². The molecule has 4 heterocycles. The fourth-order valence-corrected chi connectivity index (χ4v) is 5.86. The van der Waals surface area contributed by atoms with Crippen molar-refractivity contribution < 1.29 is 23.0 Å². The first-order chi connectivity index (χ1) is 21.1. The van der Waals surface area contributed by atoms with Crippen LogP contribution in [0.2, 0.25) is 0 Å². The molecule has 4 aromatic rings. The quantitative estimate of drug-likeness (QED) is 0.270. The van der Waals surface area contributed by atoms with Crippen LogP contribution in [0.25, 0.3) is 33.4 Å². The third kappa shape index (κ3) is 6.89. The Hall–Kier alpha value is -3.96. The van der Waals surface area contributed by atoms with E-state index >= 15 is 8.78 Å². The molecule has 2 fully saturated rings. The van der Waals surface area contributed by atoms with Gasteiger partial charge in [0.25, 0.3) is 0 Å². The minimum atomic E-state index is -0.582. The Morgan fingerprint density at radius 2 is 1.84 bits per heavy atom. The summed E-state index contributed by atoms with van der Waals surface area (Å²) in [5.74, 6) is -0.919. The number of likely N-dealkylation sites (tertiary alicyclic amines) is 1. The van der Waals surface area contributed by atoms with Crippen LogP contribution in [0.4, 0.5) is 13.6 Å². The number of fused-ring (bicyclic) bond motifs is 1. The second kappa shape index (κ2) is 12.6. The zero-order chi connectivity index (χ0) is 30.8. The number of piperidine rings is 1. The number of morpholine rings is 1. The predicted molar refractivity (Wildman–Crippen MR) is 163 cm³/mol. The number of hydrogen-bond acceptors (Lipinski definition) is 7. The molecule has 0 saturated carbocycles. The van der Waals surface area contributed by atoms with Crippen molar-refractivity contribution in [3.8, 4) is 22.4 Å². The number of amides is 1. The molecule has 2 aliphatic heterocycles. The Morgan fingerprint density at radius 3 is 2.59 bits per heavy atom. The van der Waals surface area contributed by atoms with Gasteiger partial charge in [0.15, 0.2) is 0 Å². The molecule has 9 nitrogen and oxygen atoms in total. The maximum Gasteiger partial charge on any atom is 0.410 e. The third-order valence-electron chi connectivity index (χ3n) is 8.06. The SMILES string of the molecule is CC(C)(C)OC(=O)N1CCCC(Cn2cc(-c3cnc4cccc(-c5cc(F)c(CN6CCOCC6)c(F)c5)c4n3)cn2)C1. The van der Waals surface area contributed by atoms with Gasteiger partial charge in [-0.15, -0.1) is 0 Å². The second-order valence-electron chi connectivity index (χ2n) is 12.6. The standard InChI is InChI=1S/C33H38F2N6O3/c1-33(2,3)44-32(42)40-9-5-6-22(18-40)19-41-20-24(16-37-41)30-17-36-29-8-4-7-25(31(29)38-30)23-14-27(34)26(28(35)15-23)21-39-10-12-43-13-11-39/h4,7-8,14-17,20,22H,5-6,9-13,18-19,21H2,1-3H3. The van der Waals surface area contributed by atoms with Crippen molar-refractivity contribution in [2.75, 3.05) is 39.4 Å². The van der Waals surface area contributed by atoms with Crippen LogP contribution in [0, 0.1) is 17.6 Å². The van der Waals surface area contributed by atoms with Gasteiger partial charge in [0.2, 0.25) is 0 Å². The van der Waals surface area contributed by atoms with Crippen molar-refractivity contribution in [1.82, 2.24) is 29.5 Å². The van der Waals surface area contributed by atoms with E-state index < -0.39 is 17.2 Å². The van der Waals surface area contributed by atoms with Gasteiger partial charge >= 0.3 is 6.09 Å². The molecule has 232 valence electrons. The van der Waals surface area contributed by atoms with Gasteiger partial charge in [-0.2, -0.15) is 5.10 Å². The molecule has 2 aliphatic rings. The van der Waals surface area contributed by atoms with Crippen LogP contribution >= 0.6 is 0 Å². The highest BCUT2D eigenvalue weighted by molar-refractivity contribution is 5.92. The molecule has 2 aromatic heterocycles. The van der Waals surface area contributed by atoms with E-state index in [0.29, 0.717) is 73.8 Å². The van der Waals surface area contributed by atoms with Crippen molar-refractivity contribution in [2.45, 2.75) is 52.3 Å². The summed E-state index contributed by atoms with van der Waals surface area (Å²) in [5.41, 5.74) is 3.11. The summed E-state index contributed by atoms with van der Waals surface area (Å²) in [7, 11) is 0. The lowest BCUT2D eigenvalue weighted by Crippen LogP contribution is -2.43. The topological polar surface area (TPSA) is 85.6 Å². The van der Waals surface area contributed by atoms with E-state index in [1.807, 2.05) is 48.7 Å². The number of para-hydroxylation sites is 1. The molecule has 0 N–H and O–H groups in total. The van der Waals surface area contributed by atoms with Crippen molar-refractivity contribution in [1.29, 1.82) is 0 Å². The molecule has 0 spiro atoms. The van der Waals surface area contributed by atoms with Gasteiger partial charge in [-0.25, -0.2) is 18.6 Å². The smallest absolute Gasteiger partial charge is 0.410 e. The predicted octanol–water partition coefficient (Wildman–Crippen LogP) is 5.92. The van der Waals surface area contributed by atoms with Crippen molar-refractivity contribution >= 4 is 17.1 Å². The molecular formula is C33H38F2N6O3. The summed E-state index contributed by atoms with van der Waals surface area (Å²) in [6, 6.07) is 8.21. The summed E-state index contributed by atoms with van der Waals surface area (Å²) in [6.07, 6.45) is 6.97. The fourth-order valence-electron chi connectivity index (χ4n) is 5.86. The Labute approximate surface area is 255 Å². The number of hydrogen-bond donors (Lipinski definition) is 0. The molecule has 0 radical (unpaired) electrons. The van der Waals surface area contributed by atoms with Gasteiger partial charge in [-0.05, 0) is 63.3 Å². The number of carbonyl (C=O) groups excluding carboxylic acids is 1. The normalized spacial score (nSPS) is 18.1. The van der Waals surface area contributed by atoms with E-state index in [1.54, 1.807) is 23.4 Å². The highest BCUT2D eigenvalue weighted by Gasteiger charge is 2.28. The zero-order valence-electron chi connectivity index (χ0n) is 25.4. The molecule has 1 unspecified atom stereocenters. The highest BCUT2D eigenvalue weighted by atomic mass is 19.1. The largest absolute Gasteiger partial charge is 0.444 e. The molecule has 6 rings (SSSR count). The first kappa shape index (κ1) is 30.1. The van der Waals surface area contributed by atoms with Crippen molar-refractivity contribution in [3.63, 3.8) is 0 Å². The summed E-state index contributed by atoms with van der Waals surface area (Å²) in [5, 5.41) is 4.56. The lowest BCUT2D eigenvalue weighted by Gasteiger charge is -2.34. The Kier molecular flexibility index (Phi) is 8.59. The van der Waals surface area contributed by atoms with Crippen LogP contribution in [0.3, 0.4) is 0 Å². The van der Waals surface area contributed by atoms with Gasteiger partial charge in [0.1, 0.15) is 17.2 Å². The minimum absolute atomic E-state index is 0.0576. The number of halogens is 2. The molecule has 1 amide bonds. The van der Waals surface area contributed by atoms with Gasteiger partial charge < -0.3 is 14.4 Å². The summed E-state index contributed by atoms with van der Waals surface area (Å²) >= 11 is 0. The number of carbonyl (C=O) groups is 1. The highest BCUT2D eigenvalue weighted by Crippen LogP contribution is 2.31. The third-order valence-corrected chi connectivity index (χ3v) is 8.06. The molecule has 0 aliphatic carbocycles. The first-order valence-electron chi connectivity index (χ1n) is 15.2. The summed E-state index contributed by atoms with van der Waals surface area (Å²) in [4.78, 5) is 25.8. The monoisotopic (exact) mass is 604 g/mol. The summed E-state index contributed by atoms with van der Waals surface area (Å²) < 4.78 is 43.3. The van der Waals surface area contributed by atoms with Gasteiger partial charge in [-0.3, -0.25) is 14.6 Å². The fraction of sp³-hybridized carbons (Fsp3) is 0.455. The Bertz CT molecular complexity index is 1620. The molecule has 2 aromatic carbocycles. The lowest BCUT2D eigenvalue weighted by atomic mass is 9.98. The van der Waals surface area contributed by atoms with Crippen LogP contribution in [-0.4, -0.2) is 80.6 Å². The van der Waals surface area contributed by atoms with Crippen LogP contribution in [0.15, 0.2) is 48.9 Å². The average molecular weight is 605 g/mol. The van der Waals surface area contributed by atoms with Gasteiger partial charge in [0.05, 0.1) is 42.3 Å². The van der Waals surface area contributed by atoms with Crippen molar-refractivity contribution in [2.24, 2.45) is 5.92 Å². The van der Waals surface area contributed by atoms with Crippen LogP contribution in [0.5, 0.6) is 0 Å². The number of aromatic nitrogens is 4. The minimum Gasteiger partial charge on any atom is -0.444 e. The number of rotatable bonds is 6. The molecule has 2 saturated heterocycles. The van der Waals surface area contributed by atoms with Gasteiger partial charge in [0, 0.05) is 62.2 Å². The zero-order valence-corrected chi connectivity index (χ0v) is 25.4. The van der Waals surface area contributed by atoms with E-state index in [-0.39, 0.29) is 24.1 Å². The maximum atomic E-state index is 15.3. The molecular weight excluding hydrogens is 566 g/mol. The van der Waals surface area contributed by atoms with Crippen molar-refractivity contribution in [3.05, 3.63) is 66.1 Å². The Balaban J connectivity index is 1.21. The van der Waals surface area contributed by atoms with Gasteiger partial charge in [-0.1, -0.05) is 12.1 Å². The lowest BCUT2D eigenvalue weighted by molar-refractivity contribution is 0.0155. The molecule has 11 heteroatoms. The van der Waals surface area contributed by atoms with Crippen LogP contribution in [-0.2, 0) is 22.6 Å². The van der Waals surface area contributed by atoms with E-state index in [2.05, 4.69) is 10.1 Å². The second-order valence-corrected chi connectivity index (χ2v) is 12.6. The van der Waals surface area contributed by atoms with Crippen LogP contribution in [0.1, 0.15) is 39.2 Å². The number of nitrogens with zero attached hydrogens (tertiary/aromatic N) is 6. The summed E-state index contributed by atoms with van der Waals surface area (Å²) in [6.45, 7) is 10.2. The maximum absolute atomic E-state index is 15.3. The molecule has 44 heavy (non-hydrogen) atoms.